The third-order valence-electron chi connectivity index (χ3n) is 13.9. The third-order valence-corrected chi connectivity index (χ3v) is 13.9. The second-order valence-electron chi connectivity index (χ2n) is 18.3. The number of allylic oxidation sites excluding steroid dienone is 4. The maximum atomic E-state index is 12.8. The average Bonchev–Trinajstić information content (AvgIpc) is 3.69. The first-order valence-corrected chi connectivity index (χ1v) is 22.0. The molecule has 12 nitrogen and oxygen atoms in total. The quantitative estimate of drug-likeness (QED) is 0.112. The van der Waals surface area contributed by atoms with E-state index in [1.165, 1.54) is 62.4 Å². The Morgan fingerprint density at radius 3 is 1.82 bits per heavy atom. The molecule has 7 atom stereocenters. The predicted molar refractivity (Wildman–Crippen MR) is 246 cm³/mol. The van der Waals surface area contributed by atoms with Gasteiger partial charge in [-0.25, -0.2) is 0 Å². The van der Waals surface area contributed by atoms with Gasteiger partial charge in [0.1, 0.15) is 0 Å². The molecule has 0 bridgehead atoms. The number of carbonyl (C=O) groups is 7. The van der Waals surface area contributed by atoms with Crippen molar-refractivity contribution in [2.75, 3.05) is 0 Å². The average molecular weight is 1100 g/mol. The number of benzene rings is 4. The van der Waals surface area contributed by atoms with Gasteiger partial charge < -0.3 is 44.3 Å². The van der Waals surface area contributed by atoms with Crippen LogP contribution in [0.1, 0.15) is 125 Å². The Morgan fingerprint density at radius 1 is 0.682 bits per heavy atom. The van der Waals surface area contributed by atoms with E-state index in [2.05, 4.69) is 94.4 Å². The summed E-state index contributed by atoms with van der Waals surface area (Å²) in [7, 11) is 0. The minimum Gasteiger partial charge on any atom is -0.550 e. The molecule has 0 saturated heterocycles. The van der Waals surface area contributed by atoms with E-state index in [9.17, 15) is 14.4 Å². The Morgan fingerprint density at radius 2 is 1.24 bits per heavy atom. The summed E-state index contributed by atoms with van der Waals surface area (Å²) in [6.45, 7) is 15.9. The normalized spacial score (nSPS) is 25.9. The monoisotopic (exact) mass is 1100 g/mol. The van der Waals surface area contributed by atoms with Gasteiger partial charge in [0.05, 0.1) is 0 Å². The van der Waals surface area contributed by atoms with Gasteiger partial charge in [-0.15, -0.1) is 0 Å². The number of ketones is 2. The van der Waals surface area contributed by atoms with E-state index >= 15 is 0 Å². The molecule has 0 aliphatic heterocycles. The molecule has 5 aliphatic carbocycles. The van der Waals surface area contributed by atoms with Gasteiger partial charge in [0.15, 0.2) is 17.2 Å². The smallest absolute Gasteiger partial charge is 0.303 e. The molecule has 0 heterocycles. The fraction of sp³-hybridized carbons (Fsp3) is 0.453. The first-order valence-electron chi connectivity index (χ1n) is 22.0. The van der Waals surface area contributed by atoms with Gasteiger partial charge in [-0.05, 0) is 170 Å². The van der Waals surface area contributed by atoms with Gasteiger partial charge in [0, 0.05) is 69.9 Å². The fourth-order valence-corrected chi connectivity index (χ4v) is 11.6. The van der Waals surface area contributed by atoms with Crippen molar-refractivity contribution in [3.63, 3.8) is 0 Å². The number of aliphatic carboxylic acids is 4. The van der Waals surface area contributed by atoms with Crippen LogP contribution in [0, 0.1) is 28.6 Å². The van der Waals surface area contributed by atoms with Crippen molar-refractivity contribution < 1.29 is 58.7 Å². The Hall–Kier alpha value is -5.25. The van der Waals surface area contributed by atoms with Crippen LogP contribution in [0.5, 0.6) is 0 Å². The van der Waals surface area contributed by atoms with E-state index in [4.69, 9.17) is 44.3 Å². The summed E-state index contributed by atoms with van der Waals surface area (Å²) in [5.74, 6) is -2.68. The van der Waals surface area contributed by atoms with E-state index < -0.39 is 29.5 Å². The van der Waals surface area contributed by atoms with E-state index in [-0.39, 0.29) is 55.7 Å². The van der Waals surface area contributed by atoms with Crippen LogP contribution in [0.2, 0.25) is 0 Å². The molecule has 4 aromatic rings. The molecule has 0 amide bonds. The van der Waals surface area contributed by atoms with Crippen molar-refractivity contribution in [2.24, 2.45) is 28.6 Å². The number of hydrogen-bond acceptors (Lipinski definition) is 12. The van der Waals surface area contributed by atoms with Gasteiger partial charge in [0.25, 0.3) is 0 Å². The number of ether oxygens (including phenoxy) is 1. The maximum Gasteiger partial charge on any atom is 0.303 e. The molecule has 66 heavy (non-hydrogen) atoms. The minimum absolute atomic E-state index is 0. The van der Waals surface area contributed by atoms with Crippen LogP contribution in [-0.2, 0) is 44.7 Å². The molecule has 1 unspecified atom stereocenters. The zero-order valence-electron chi connectivity index (χ0n) is 39.6. The van der Waals surface area contributed by atoms with Crippen molar-refractivity contribution in [3.8, 4) is 0 Å². The van der Waals surface area contributed by atoms with E-state index in [1.807, 2.05) is 6.08 Å². The van der Waals surface area contributed by atoms with Crippen molar-refractivity contribution in [3.05, 3.63) is 95.1 Å². The van der Waals surface area contributed by atoms with Gasteiger partial charge >= 0.3 is 5.97 Å². The maximum absolute atomic E-state index is 12.8. The first kappa shape index (κ1) is 55.1. The number of fused-ring (bicyclic) bond motifs is 9. The number of Topliss-reactive ketones (excluding diaryl/α,β-unsaturated/α-hetero) is 1. The minimum atomic E-state index is -1.08. The SMILES string of the molecule is CC(=O)O[C@]1(C(C)=O)CC[C@H]2[C@@H]3C=C(C)C4=CC(=O)CC[C@]4(C)[C@H]3CC[C@@]21C.CC(=O)[O-].CC(=O)[O-].CC(=O)[O-].CC(=O)[O-].CC1Cc2cccc3cc4c(ccc5ccccc54)c1c23.[Pb]. The fourth-order valence-electron chi connectivity index (χ4n) is 11.6. The largest absolute Gasteiger partial charge is 0.550 e. The first-order chi connectivity index (χ1) is 30.3. The molecule has 2 fully saturated rings. The number of esters is 1. The van der Waals surface area contributed by atoms with Gasteiger partial charge in [-0.3, -0.25) is 14.4 Å². The summed E-state index contributed by atoms with van der Waals surface area (Å²) >= 11 is 0. The molecule has 13 heteroatoms. The van der Waals surface area contributed by atoms with Crippen LogP contribution < -0.4 is 20.4 Å². The number of carboxylic acid groups (broad SMARTS) is 4. The van der Waals surface area contributed by atoms with Crippen LogP contribution in [0.15, 0.2) is 84.0 Å². The molecule has 2 saturated carbocycles. The van der Waals surface area contributed by atoms with Crippen molar-refractivity contribution >= 4 is 101 Å². The molecule has 0 N–H and O–H groups in total. The third kappa shape index (κ3) is 11.8. The topological polar surface area (TPSA) is 221 Å². The Bertz CT molecular complexity index is 2530. The van der Waals surface area contributed by atoms with E-state index in [1.54, 1.807) is 12.5 Å². The van der Waals surface area contributed by atoms with E-state index in [0.29, 0.717) is 36.5 Å². The number of carbonyl (C=O) groups excluding carboxylic acids is 7. The summed E-state index contributed by atoms with van der Waals surface area (Å²) in [5.41, 5.74) is 4.23. The summed E-state index contributed by atoms with van der Waals surface area (Å²) in [5, 5.41) is 44.0. The number of rotatable bonds is 2. The Balaban J connectivity index is 0.000000266. The van der Waals surface area contributed by atoms with Crippen LogP contribution in [0.25, 0.3) is 32.3 Å². The van der Waals surface area contributed by atoms with Crippen molar-refractivity contribution in [2.45, 2.75) is 126 Å². The van der Waals surface area contributed by atoms with Gasteiger partial charge in [-0.1, -0.05) is 87.0 Å². The molecule has 0 aromatic heterocycles. The molecule has 0 spiro atoms. The second-order valence-corrected chi connectivity index (χ2v) is 18.3. The standard InChI is InChI=1S/C24H32O4.C21H16.4C2H4O2.Pb/c1-14-12-18-19(22(4)9-6-17(27)13-21(14)22)7-10-23(5)20(18)8-11-24(23,15(2)25)28-16(3)26;1-13-11-15-6-4-7-16-12-19-17-8-3-2-5-14(17)9-10-18(19)20(13)21(15)16;4*1-2(3)4;/h12-13,18-20H,6-11H2,1-5H3;2-10,12-13H,11H2,1H3;4*1H3,(H,3,4);/p-4/t18-,19+,20+,22-,23+,24+;;;;;;/m1....../s1. The summed E-state index contributed by atoms with van der Waals surface area (Å²) in [6, 6.07) is 22.5. The van der Waals surface area contributed by atoms with Crippen molar-refractivity contribution in [1.29, 1.82) is 0 Å². The van der Waals surface area contributed by atoms with Crippen LogP contribution in [0.4, 0.5) is 0 Å². The van der Waals surface area contributed by atoms with Crippen molar-refractivity contribution in [1.82, 2.24) is 0 Å². The molecule has 352 valence electrons. The zero-order valence-corrected chi connectivity index (χ0v) is 43.5. The Kier molecular flexibility index (Phi) is 18.8. The molecule has 4 aromatic carbocycles. The summed E-state index contributed by atoms with van der Waals surface area (Å²) in [6.07, 6.45) is 10.4. The van der Waals surface area contributed by atoms with Crippen LogP contribution in [0.3, 0.4) is 0 Å². The number of carboxylic acids is 4. The van der Waals surface area contributed by atoms with E-state index in [0.717, 1.165) is 53.4 Å². The molecular weight excluding hydrogens is 1040 g/mol. The predicted octanol–water partition coefficient (Wildman–Crippen LogP) is 5.03. The molecule has 4 radical (unpaired) electrons. The summed E-state index contributed by atoms with van der Waals surface area (Å²) in [4.78, 5) is 72.3. The van der Waals surface area contributed by atoms with Gasteiger partial charge in [0.2, 0.25) is 0 Å². The van der Waals surface area contributed by atoms with Crippen LogP contribution >= 0.6 is 0 Å². The number of hydrogen-bond donors (Lipinski definition) is 0. The second kappa shape index (κ2) is 22.5. The van der Waals surface area contributed by atoms with Gasteiger partial charge in [-0.2, -0.15) is 0 Å². The zero-order chi connectivity index (χ0) is 48.8. The summed E-state index contributed by atoms with van der Waals surface area (Å²) < 4.78 is 5.82. The van der Waals surface area contributed by atoms with Crippen LogP contribution in [-0.4, -0.2) is 74.3 Å². The molecular formula is C53H60O12Pb-4. The molecule has 9 rings (SSSR count). The Labute approximate surface area is 407 Å². The molecule has 5 aliphatic rings.